The number of phenolic OH excluding ortho intramolecular Hbond substituents is 5. The molecule has 10 aliphatic rings. The molecule has 11 heteroatoms. The second-order valence-corrected chi connectivity index (χ2v) is 27.3. The van der Waals surface area contributed by atoms with Crippen molar-refractivity contribution in [2.75, 3.05) is 13.6 Å². The fourth-order valence-corrected chi connectivity index (χ4v) is 21.6. The molecule has 4 bridgehead atoms. The largest absolute Gasteiger partial charge is 0.507 e. The summed E-state index contributed by atoms with van der Waals surface area (Å²) in [6, 6.07) is 30.7. The standard InChI is InChI=1S/C71H77N5O6/c1-72-38-45-32-51(42-7-3-2-4-8-42)55-37-67(36-54(45)75-55)35-53(43-17-12-40(13-18-43)14-21-50-48(20-15-41-16-22-56(77)59(80)31-41)49-10-5-11-57(78)60(49)63(82)62(50)81)76-65-52(67)33-47-25-28-68-27-24-44(34-68)61-66(74-39-73-61)71(65)64-58(79)23-19-46-9-6-26-69(46,64)29-30-70(47,68)71/h2-5,7-8,10-13,15-20,22-24,27,31-32,39,44,46-47,51-55,58,64-65,72,75-82H,6,9,14,21,25-26,28-30,33-38H2,1H3,(H,73,74)/b20-15+/t44-,46-,47-,51+,52+,53+,54-,55+,58+,64-,65+,67+,68-,69+,70+,71-/m0/s1. The van der Waals surface area contributed by atoms with Crippen molar-refractivity contribution in [2.45, 2.75) is 137 Å². The van der Waals surface area contributed by atoms with Gasteiger partial charge in [-0.2, -0.15) is 0 Å². The van der Waals surface area contributed by atoms with Crippen molar-refractivity contribution in [1.82, 2.24) is 25.9 Å². The Balaban J connectivity index is 0.833. The quantitative estimate of drug-likeness (QED) is 0.0379. The van der Waals surface area contributed by atoms with Gasteiger partial charge in [-0.25, -0.2) is 4.98 Å². The van der Waals surface area contributed by atoms with Crippen molar-refractivity contribution in [3.63, 3.8) is 0 Å². The zero-order chi connectivity index (χ0) is 55.5. The Labute approximate surface area is 480 Å². The first-order chi connectivity index (χ1) is 39.9. The van der Waals surface area contributed by atoms with E-state index in [0.29, 0.717) is 52.7 Å². The number of hydrogen-bond acceptors (Lipinski definition) is 10. The Kier molecular flexibility index (Phi) is 11.5. The van der Waals surface area contributed by atoms with Crippen molar-refractivity contribution in [3.05, 3.63) is 178 Å². The van der Waals surface area contributed by atoms with Gasteiger partial charge in [-0.1, -0.05) is 122 Å². The van der Waals surface area contributed by atoms with Crippen LogP contribution in [0.2, 0.25) is 0 Å². The van der Waals surface area contributed by atoms with Crippen LogP contribution in [0.25, 0.3) is 22.9 Å². The molecular weight excluding hydrogens is 1020 g/mol. The molecule has 7 aliphatic carbocycles. The number of aliphatic hydroxyl groups is 1. The summed E-state index contributed by atoms with van der Waals surface area (Å²) in [6.45, 7) is 0.841. The molecular formula is C71H77N5O6. The van der Waals surface area contributed by atoms with E-state index in [4.69, 9.17) is 10.3 Å². The number of nitrogens with one attached hydrogen (secondary N) is 4. The SMILES string of the molecule is CNCC1=C[C@H](c2ccccc2)[C@H]2C[C@]3(C[C@@H]1N2)C[C@H](c1ccc(CCc2c(O)c(O)c4c(O)cccc4c2/C=C/c2ccc(O)c(O)c2)cc1)N[C@@H]1[C@H]3C[C@@H]2CC[C@@]34C=C[C@@H](C3)c3[nH]cnc3[C@]13[C@H]1[C@H](O)C=C[C@@H]5CCC[C@@]51CC[C@@]243. The normalized spacial score (nSPS) is 37.9. The maximum absolute atomic E-state index is 13.4. The van der Waals surface area contributed by atoms with Gasteiger partial charge < -0.3 is 51.6 Å². The fourth-order valence-electron chi connectivity index (χ4n) is 21.6. The molecule has 0 amide bonds. The molecule has 2 saturated heterocycles. The number of hydrogen-bond donors (Lipinski definition) is 10. The number of phenols is 5. The van der Waals surface area contributed by atoms with Gasteiger partial charge in [0.2, 0.25) is 0 Å². The zero-order valence-electron chi connectivity index (χ0n) is 46.9. The summed E-state index contributed by atoms with van der Waals surface area (Å²) in [5.41, 5.74) is 9.11. The molecule has 10 N–H and O–H groups in total. The Morgan fingerprint density at radius 3 is 2.44 bits per heavy atom. The zero-order valence-corrected chi connectivity index (χ0v) is 46.9. The number of fused-ring (bicyclic) bond motifs is 8. The molecule has 4 saturated carbocycles. The minimum atomic E-state index is -0.571. The maximum atomic E-state index is 13.4. The van der Waals surface area contributed by atoms with Crippen LogP contribution < -0.4 is 16.0 Å². The monoisotopic (exact) mass is 1100 g/mol. The number of benzene rings is 5. The van der Waals surface area contributed by atoms with E-state index in [0.717, 1.165) is 44.2 Å². The average molecular weight is 1100 g/mol. The number of imidazole rings is 1. The smallest absolute Gasteiger partial charge is 0.169 e. The summed E-state index contributed by atoms with van der Waals surface area (Å²) in [6.07, 6.45) is 32.6. The average Bonchev–Trinajstić information content (AvgIpc) is 1.36. The number of aromatic nitrogens is 2. The van der Waals surface area contributed by atoms with Crippen LogP contribution in [0, 0.1) is 45.3 Å². The molecule has 4 heterocycles. The molecule has 422 valence electrons. The van der Waals surface area contributed by atoms with E-state index in [1.807, 2.05) is 18.5 Å². The summed E-state index contributed by atoms with van der Waals surface area (Å²) in [5, 5.41) is 81.5. The topological polar surface area (TPSA) is 186 Å². The van der Waals surface area contributed by atoms with E-state index in [2.05, 4.69) is 108 Å². The third-order valence-electron chi connectivity index (χ3n) is 24.4. The van der Waals surface area contributed by atoms with Gasteiger partial charge in [0.25, 0.3) is 0 Å². The molecule has 16 atom stereocenters. The molecule has 3 aliphatic heterocycles. The predicted octanol–water partition coefficient (Wildman–Crippen LogP) is 12.0. The summed E-state index contributed by atoms with van der Waals surface area (Å²) < 4.78 is 0. The lowest BCUT2D eigenvalue weighted by Gasteiger charge is -2.77. The van der Waals surface area contributed by atoms with Crippen molar-refractivity contribution >= 4 is 22.9 Å². The first kappa shape index (κ1) is 51.0. The summed E-state index contributed by atoms with van der Waals surface area (Å²) >= 11 is 0. The van der Waals surface area contributed by atoms with E-state index >= 15 is 0 Å². The number of aromatic amines is 1. The lowest BCUT2D eigenvalue weighted by atomic mass is 9.28. The molecule has 4 spiro atoms. The minimum absolute atomic E-state index is 0.00484. The highest BCUT2D eigenvalue weighted by molar-refractivity contribution is 6.03. The number of piperidine rings is 2. The van der Waals surface area contributed by atoms with E-state index < -0.39 is 11.5 Å². The highest BCUT2D eigenvalue weighted by Crippen LogP contribution is 2.85. The number of allylic oxidation sites excluding steroid dienone is 3. The first-order valence-electron chi connectivity index (χ1n) is 30.9. The third kappa shape index (κ3) is 6.88. The molecule has 82 heavy (non-hydrogen) atoms. The van der Waals surface area contributed by atoms with Crippen LogP contribution in [0.15, 0.2) is 133 Å². The number of likely N-dealkylation sites (N-methyl/N-ethyl adjacent to an activating group) is 1. The van der Waals surface area contributed by atoms with Gasteiger partial charge in [0.15, 0.2) is 23.0 Å². The summed E-state index contributed by atoms with van der Waals surface area (Å²) in [5.74, 6) is 0.646. The number of rotatable bonds is 9. The second kappa shape index (κ2) is 18.4. The number of H-pyrrole nitrogens is 1. The highest BCUT2D eigenvalue weighted by Gasteiger charge is 2.84. The molecule has 5 aromatic carbocycles. The summed E-state index contributed by atoms with van der Waals surface area (Å²) in [7, 11) is 2.09. The van der Waals surface area contributed by atoms with Gasteiger partial charge in [0.1, 0.15) is 5.75 Å². The minimum Gasteiger partial charge on any atom is -0.507 e. The lowest BCUT2D eigenvalue weighted by Crippen LogP contribution is -2.80. The molecule has 0 radical (unpaired) electrons. The maximum Gasteiger partial charge on any atom is 0.169 e. The third-order valence-corrected chi connectivity index (χ3v) is 24.4. The van der Waals surface area contributed by atoms with Crippen LogP contribution in [0.4, 0.5) is 0 Å². The Bertz CT molecular complexity index is 3680. The molecule has 16 rings (SSSR count). The van der Waals surface area contributed by atoms with Gasteiger partial charge in [0.05, 0.1) is 23.5 Å². The fraction of sp³-hybridized carbons (Fsp3) is 0.451. The molecule has 0 unspecified atom stereocenters. The Morgan fingerprint density at radius 2 is 1.60 bits per heavy atom. The van der Waals surface area contributed by atoms with Crippen LogP contribution in [0.5, 0.6) is 28.7 Å². The lowest BCUT2D eigenvalue weighted by molar-refractivity contribution is -0.240. The van der Waals surface area contributed by atoms with Crippen LogP contribution >= 0.6 is 0 Å². The van der Waals surface area contributed by atoms with E-state index in [1.54, 1.807) is 18.2 Å². The molecule has 11 nitrogen and oxygen atoms in total. The second-order valence-electron chi connectivity index (χ2n) is 27.3. The van der Waals surface area contributed by atoms with Gasteiger partial charge in [-0.05, 0) is 187 Å². The number of aryl methyl sites for hydroxylation is 1. The molecule has 6 fully saturated rings. The molecule has 6 aromatic rings. The number of aromatic hydroxyl groups is 5. The van der Waals surface area contributed by atoms with Crippen LogP contribution in [0.3, 0.4) is 0 Å². The summed E-state index contributed by atoms with van der Waals surface area (Å²) in [4.78, 5) is 9.64. The Morgan fingerprint density at radius 1 is 0.744 bits per heavy atom. The van der Waals surface area contributed by atoms with E-state index in [-0.39, 0.29) is 97.7 Å². The highest BCUT2D eigenvalue weighted by atomic mass is 16.3. The van der Waals surface area contributed by atoms with Gasteiger partial charge in [-0.15, -0.1) is 0 Å². The van der Waals surface area contributed by atoms with Crippen molar-refractivity contribution in [3.8, 4) is 28.7 Å². The van der Waals surface area contributed by atoms with Gasteiger partial charge in [-0.3, -0.25) is 0 Å². The van der Waals surface area contributed by atoms with E-state index in [9.17, 15) is 30.6 Å². The van der Waals surface area contributed by atoms with Crippen molar-refractivity contribution < 1.29 is 30.6 Å². The Hall–Kier alpha value is -6.63. The van der Waals surface area contributed by atoms with E-state index in [1.165, 1.54) is 91.2 Å². The predicted molar refractivity (Wildman–Crippen MR) is 319 cm³/mol. The number of nitrogens with zero attached hydrogens (tertiary/aromatic N) is 1. The molecule has 1 aromatic heterocycles. The van der Waals surface area contributed by atoms with Crippen molar-refractivity contribution in [1.29, 1.82) is 0 Å². The van der Waals surface area contributed by atoms with Crippen molar-refractivity contribution in [2.24, 2.45) is 45.3 Å². The van der Waals surface area contributed by atoms with Gasteiger partial charge in [0, 0.05) is 65.1 Å². The van der Waals surface area contributed by atoms with Crippen LogP contribution in [-0.4, -0.2) is 78.4 Å². The van der Waals surface area contributed by atoms with Crippen LogP contribution in [0.1, 0.15) is 140 Å². The van der Waals surface area contributed by atoms with Crippen LogP contribution in [-0.2, 0) is 18.3 Å². The van der Waals surface area contributed by atoms with Gasteiger partial charge >= 0.3 is 0 Å². The first-order valence-corrected chi connectivity index (χ1v) is 30.9. The number of aliphatic hydroxyl groups excluding tert-OH is 1.